The van der Waals surface area contributed by atoms with Gasteiger partial charge < -0.3 is 20.8 Å². The average Bonchev–Trinajstić information content (AvgIpc) is 3.69. The number of hydrogen-bond acceptors (Lipinski definition) is 10. The lowest BCUT2D eigenvalue weighted by Gasteiger charge is -2.52. The minimum atomic E-state index is -2.72. The van der Waals surface area contributed by atoms with E-state index in [1.807, 2.05) is 19.0 Å². The number of amides is 1. The van der Waals surface area contributed by atoms with Crippen LogP contribution in [0.4, 0.5) is 5.69 Å². The number of nitrogens with zero attached hydrogens (tertiary/aromatic N) is 3. The van der Waals surface area contributed by atoms with E-state index < -0.39 is 64.4 Å². The van der Waals surface area contributed by atoms with Crippen molar-refractivity contribution in [3.63, 3.8) is 0 Å². The molecule has 3 saturated carbocycles. The van der Waals surface area contributed by atoms with Crippen molar-refractivity contribution >= 4 is 34.7 Å². The molecular weight excluding hydrogens is 528 g/mol. The van der Waals surface area contributed by atoms with Crippen LogP contribution in [0.1, 0.15) is 47.7 Å². The van der Waals surface area contributed by atoms with Crippen molar-refractivity contribution in [2.75, 3.05) is 46.2 Å². The molecule has 4 N–H and O–H groups in total. The molecule has 0 aliphatic heterocycles. The lowest BCUT2D eigenvalue weighted by Crippen LogP contribution is -2.74. The molecule has 4 aliphatic rings. The van der Waals surface area contributed by atoms with Gasteiger partial charge >= 0.3 is 0 Å². The third kappa shape index (κ3) is 4.49. The Balaban J connectivity index is 1.60. The molecule has 0 saturated heterocycles. The number of hydrogen-bond donors (Lipinski definition) is 3. The van der Waals surface area contributed by atoms with Crippen molar-refractivity contribution in [1.82, 2.24) is 9.80 Å². The SMILES string of the molecule is CCN(Cc1cc(O)c2c(c1N(C)C)C[C@H]1C[C@H]3[C@H](N(C)C)C(=O)C(C(N)=O)C(=O)[C@@]3(O)C(=O)C1C2=O)CC1CC1. The van der Waals surface area contributed by atoms with E-state index >= 15 is 0 Å². The summed E-state index contributed by atoms with van der Waals surface area (Å²) in [6.07, 6.45) is 2.70. The second-order valence-corrected chi connectivity index (χ2v) is 12.7. The molecule has 1 amide bonds. The molecule has 0 heterocycles. The molecule has 0 bridgehead atoms. The summed E-state index contributed by atoms with van der Waals surface area (Å²) in [5, 5.41) is 22.9. The van der Waals surface area contributed by atoms with Crippen molar-refractivity contribution < 1.29 is 34.2 Å². The summed E-state index contributed by atoms with van der Waals surface area (Å²) in [5.41, 5.74) is 4.99. The number of nitrogens with two attached hydrogens (primary N) is 1. The number of aliphatic hydroxyl groups is 1. The van der Waals surface area contributed by atoms with E-state index in [1.54, 1.807) is 20.2 Å². The normalized spacial score (nSPS) is 31.3. The van der Waals surface area contributed by atoms with Crippen LogP contribution in [-0.2, 0) is 32.1 Å². The van der Waals surface area contributed by atoms with Crippen molar-refractivity contribution in [1.29, 1.82) is 0 Å². The molecule has 0 aromatic heterocycles. The summed E-state index contributed by atoms with van der Waals surface area (Å²) in [4.78, 5) is 72.6. The molecule has 1 aromatic carbocycles. The second-order valence-electron chi connectivity index (χ2n) is 12.7. The van der Waals surface area contributed by atoms with Crippen LogP contribution >= 0.6 is 0 Å². The standard InChI is InChI=1S/C30H40N4O7/c1-6-34(12-14-7-8-14)13-16-11-19(35)21-17(23(16)32(2)3)9-15-10-18-24(33(4)5)26(37)22(29(31)40)28(39)30(18,41)27(38)20(15)25(21)36/h11,14-15,18,20,22,24,35,41H,6-10,12-13H2,1-5H3,(H2,31,40)/t15-,18-,20?,22?,24-,30-/m0/s1. The van der Waals surface area contributed by atoms with Crippen molar-refractivity contribution in [3.05, 3.63) is 22.8 Å². The summed E-state index contributed by atoms with van der Waals surface area (Å²) in [5.74, 6) is -9.63. The van der Waals surface area contributed by atoms with E-state index in [4.69, 9.17) is 5.73 Å². The fourth-order valence-electron chi connectivity index (χ4n) is 7.62. The fourth-order valence-corrected chi connectivity index (χ4v) is 7.62. The summed E-state index contributed by atoms with van der Waals surface area (Å²) in [6, 6.07) is 0.466. The molecule has 3 fully saturated rings. The number of rotatable bonds is 8. The zero-order valence-electron chi connectivity index (χ0n) is 24.3. The summed E-state index contributed by atoms with van der Waals surface area (Å²) in [7, 11) is 6.90. The number of aromatic hydroxyl groups is 1. The number of benzene rings is 1. The van der Waals surface area contributed by atoms with Crippen LogP contribution in [-0.4, -0.2) is 102 Å². The first-order valence-corrected chi connectivity index (χ1v) is 14.4. The largest absolute Gasteiger partial charge is 0.507 e. The molecule has 6 atom stereocenters. The van der Waals surface area contributed by atoms with E-state index in [-0.39, 0.29) is 24.2 Å². The lowest BCUT2D eigenvalue weighted by molar-refractivity contribution is -0.181. The molecule has 1 aromatic rings. The van der Waals surface area contributed by atoms with Gasteiger partial charge in [-0.15, -0.1) is 0 Å². The van der Waals surface area contributed by atoms with Crippen LogP contribution in [0.25, 0.3) is 0 Å². The third-order valence-corrected chi connectivity index (χ3v) is 9.61. The predicted molar refractivity (Wildman–Crippen MR) is 149 cm³/mol. The smallest absolute Gasteiger partial charge is 0.235 e. The van der Waals surface area contributed by atoms with Crippen LogP contribution in [0.2, 0.25) is 0 Å². The highest BCUT2D eigenvalue weighted by Crippen LogP contribution is 2.52. The number of fused-ring (bicyclic) bond motifs is 3. The van der Waals surface area contributed by atoms with Gasteiger partial charge in [0.25, 0.3) is 0 Å². The Kier molecular flexibility index (Phi) is 7.36. The van der Waals surface area contributed by atoms with Gasteiger partial charge in [-0.25, -0.2) is 0 Å². The predicted octanol–water partition coefficient (Wildman–Crippen LogP) is 0.165. The van der Waals surface area contributed by atoms with Gasteiger partial charge in [-0.05, 0) is 75.4 Å². The van der Waals surface area contributed by atoms with Crippen LogP contribution in [0.3, 0.4) is 0 Å². The number of carbonyl (C=O) groups is 5. The maximum absolute atomic E-state index is 14.0. The Hall–Kier alpha value is -3.15. The first-order chi connectivity index (χ1) is 19.2. The summed E-state index contributed by atoms with van der Waals surface area (Å²) >= 11 is 0. The Morgan fingerprint density at radius 2 is 1.76 bits per heavy atom. The van der Waals surface area contributed by atoms with E-state index in [1.165, 1.54) is 17.7 Å². The molecule has 11 heteroatoms. The van der Waals surface area contributed by atoms with E-state index in [9.17, 15) is 34.2 Å². The number of anilines is 1. The number of phenols is 1. The zero-order chi connectivity index (χ0) is 30.1. The summed E-state index contributed by atoms with van der Waals surface area (Å²) in [6.45, 7) is 4.47. The highest BCUT2D eigenvalue weighted by Gasteiger charge is 2.69. The molecule has 11 nitrogen and oxygen atoms in total. The highest BCUT2D eigenvalue weighted by atomic mass is 16.3. The number of phenolic OH excluding ortho intramolecular Hbond substituents is 1. The lowest BCUT2D eigenvalue weighted by atomic mass is 9.52. The Morgan fingerprint density at radius 1 is 1.10 bits per heavy atom. The number of Topliss-reactive ketones (excluding diaryl/α,β-unsaturated/α-hetero) is 4. The Labute approximate surface area is 239 Å². The molecule has 5 rings (SSSR count). The number of primary amides is 1. The van der Waals surface area contributed by atoms with Gasteiger partial charge in [0.1, 0.15) is 5.75 Å². The van der Waals surface area contributed by atoms with Crippen LogP contribution in [0.5, 0.6) is 5.75 Å². The maximum atomic E-state index is 14.0. The molecule has 222 valence electrons. The van der Waals surface area contributed by atoms with Gasteiger partial charge in [-0.2, -0.15) is 0 Å². The van der Waals surface area contributed by atoms with Gasteiger partial charge in [-0.3, -0.25) is 33.8 Å². The van der Waals surface area contributed by atoms with Crippen molar-refractivity contribution in [2.24, 2.45) is 35.3 Å². The Bertz CT molecular complexity index is 1340. The highest BCUT2D eigenvalue weighted by molar-refractivity contribution is 6.32. The average molecular weight is 569 g/mol. The monoisotopic (exact) mass is 568 g/mol. The quantitative estimate of drug-likeness (QED) is 0.369. The van der Waals surface area contributed by atoms with Gasteiger partial charge in [0.05, 0.1) is 17.5 Å². The first kappa shape index (κ1) is 29.3. The molecular formula is C30H40N4O7. The van der Waals surface area contributed by atoms with E-state index in [0.717, 1.165) is 24.3 Å². The molecule has 2 unspecified atom stereocenters. The molecule has 4 aliphatic carbocycles. The zero-order valence-corrected chi connectivity index (χ0v) is 24.3. The number of likely N-dealkylation sites (N-methyl/N-ethyl adjacent to an activating group) is 1. The maximum Gasteiger partial charge on any atom is 0.235 e. The van der Waals surface area contributed by atoms with Crippen molar-refractivity contribution in [2.45, 2.75) is 50.8 Å². The van der Waals surface area contributed by atoms with Crippen LogP contribution < -0.4 is 10.6 Å². The van der Waals surface area contributed by atoms with E-state index in [2.05, 4.69) is 11.8 Å². The van der Waals surface area contributed by atoms with Crippen molar-refractivity contribution in [3.8, 4) is 5.75 Å². The minimum absolute atomic E-state index is 0.0225. The molecule has 0 spiro atoms. The molecule has 0 radical (unpaired) electrons. The van der Waals surface area contributed by atoms with E-state index in [0.29, 0.717) is 18.0 Å². The minimum Gasteiger partial charge on any atom is -0.507 e. The second kappa shape index (κ2) is 10.3. The van der Waals surface area contributed by atoms with Gasteiger partial charge in [-0.1, -0.05) is 6.92 Å². The third-order valence-electron chi connectivity index (χ3n) is 9.61. The Morgan fingerprint density at radius 3 is 2.29 bits per heavy atom. The number of ketones is 4. The van der Waals surface area contributed by atoms with Gasteiger partial charge in [0, 0.05) is 38.8 Å². The van der Waals surface area contributed by atoms with Crippen LogP contribution in [0, 0.1) is 29.6 Å². The summed E-state index contributed by atoms with van der Waals surface area (Å²) < 4.78 is 0. The van der Waals surface area contributed by atoms with Gasteiger partial charge in [0.2, 0.25) is 5.91 Å². The molecule has 41 heavy (non-hydrogen) atoms. The van der Waals surface area contributed by atoms with Gasteiger partial charge in [0.15, 0.2) is 34.7 Å². The topological polar surface area (TPSA) is 162 Å². The fraction of sp³-hybridized carbons (Fsp3) is 0.633. The number of carbonyl (C=O) groups excluding carboxylic acids is 5. The first-order valence-electron chi connectivity index (χ1n) is 14.4. The van der Waals surface area contributed by atoms with Crippen LogP contribution in [0.15, 0.2) is 6.07 Å².